The number of hydrogen-bond acceptors (Lipinski definition) is 4. The Hall–Kier alpha value is -1.11. The van der Waals surface area contributed by atoms with E-state index < -0.39 is 6.10 Å². The number of hydrogen-bond donors (Lipinski definition) is 2. The summed E-state index contributed by atoms with van der Waals surface area (Å²) in [6, 6.07) is 13.1. The molecule has 0 fully saturated rings. The third-order valence-corrected chi connectivity index (χ3v) is 4.77. The predicted molar refractivity (Wildman–Crippen MR) is 109 cm³/mol. The van der Waals surface area contributed by atoms with E-state index in [-0.39, 0.29) is 6.61 Å². The van der Waals surface area contributed by atoms with Gasteiger partial charge < -0.3 is 14.9 Å². The average molecular weight is 443 g/mol. The van der Waals surface area contributed by atoms with Gasteiger partial charge in [0, 0.05) is 28.1 Å². The van der Waals surface area contributed by atoms with Crippen LogP contribution in [-0.2, 0) is 6.61 Å². The van der Waals surface area contributed by atoms with Crippen molar-refractivity contribution >= 4 is 27.5 Å². The predicted octanol–water partition coefficient (Wildman–Crippen LogP) is 4.42. The zero-order valence-corrected chi connectivity index (χ0v) is 17.2. The molecule has 0 saturated heterocycles. The van der Waals surface area contributed by atoms with Gasteiger partial charge in [0.15, 0.2) is 0 Å². The molecule has 0 saturated carbocycles. The lowest BCUT2D eigenvalue weighted by Crippen LogP contribution is -2.32. The summed E-state index contributed by atoms with van der Waals surface area (Å²) in [4.78, 5) is 2.05. The van der Waals surface area contributed by atoms with Crippen molar-refractivity contribution in [3.8, 4) is 5.75 Å². The standard InChI is InChI=1S/C20H25BrClNO3/c1-2-9-23(10-11-24)13-19(25)18-12-16(21)5-8-20(18)26-14-15-3-6-17(22)7-4-15/h3-8,12,19,24-25H,2,9-11,13-14H2,1H3. The van der Waals surface area contributed by atoms with Crippen molar-refractivity contribution in [2.45, 2.75) is 26.1 Å². The van der Waals surface area contributed by atoms with Gasteiger partial charge in [0.05, 0.1) is 12.7 Å². The van der Waals surface area contributed by atoms with E-state index >= 15 is 0 Å². The molecule has 6 heteroatoms. The molecule has 0 spiro atoms. The van der Waals surface area contributed by atoms with E-state index in [0.29, 0.717) is 30.5 Å². The molecule has 2 rings (SSSR count). The van der Waals surface area contributed by atoms with Crippen LogP contribution in [0, 0.1) is 0 Å². The molecule has 0 aliphatic rings. The van der Waals surface area contributed by atoms with Crippen molar-refractivity contribution in [3.63, 3.8) is 0 Å². The second-order valence-corrected chi connectivity index (χ2v) is 7.49. The molecule has 0 aliphatic carbocycles. The largest absolute Gasteiger partial charge is 0.489 e. The van der Waals surface area contributed by atoms with Crippen LogP contribution in [0.2, 0.25) is 5.02 Å². The first-order chi connectivity index (χ1) is 12.5. The number of halogens is 2. The summed E-state index contributed by atoms with van der Waals surface area (Å²) >= 11 is 9.37. The number of nitrogens with zero attached hydrogens (tertiary/aromatic N) is 1. The summed E-state index contributed by atoms with van der Waals surface area (Å²) in [7, 11) is 0. The highest BCUT2D eigenvalue weighted by molar-refractivity contribution is 9.10. The van der Waals surface area contributed by atoms with Crippen LogP contribution in [0.3, 0.4) is 0 Å². The van der Waals surface area contributed by atoms with E-state index in [2.05, 4.69) is 27.8 Å². The van der Waals surface area contributed by atoms with E-state index in [1.54, 1.807) is 0 Å². The fourth-order valence-electron chi connectivity index (χ4n) is 2.75. The quantitative estimate of drug-likeness (QED) is 0.572. The minimum absolute atomic E-state index is 0.0745. The molecule has 2 aromatic rings. The third-order valence-electron chi connectivity index (χ3n) is 4.03. The number of aliphatic hydroxyl groups is 2. The van der Waals surface area contributed by atoms with Crippen molar-refractivity contribution in [3.05, 3.63) is 63.1 Å². The number of aliphatic hydroxyl groups excluding tert-OH is 2. The normalized spacial score (nSPS) is 12.4. The minimum Gasteiger partial charge on any atom is -0.489 e. The first-order valence-corrected chi connectivity index (χ1v) is 9.88. The summed E-state index contributed by atoms with van der Waals surface area (Å²) in [5.41, 5.74) is 1.73. The van der Waals surface area contributed by atoms with Gasteiger partial charge in [0.1, 0.15) is 12.4 Å². The van der Waals surface area contributed by atoms with Crippen LogP contribution < -0.4 is 4.74 Å². The van der Waals surface area contributed by atoms with Crippen molar-refractivity contribution in [1.29, 1.82) is 0 Å². The van der Waals surface area contributed by atoms with Gasteiger partial charge in [-0.3, -0.25) is 4.90 Å². The molecular formula is C20H25BrClNO3. The van der Waals surface area contributed by atoms with Crippen LogP contribution in [0.1, 0.15) is 30.6 Å². The van der Waals surface area contributed by atoms with Gasteiger partial charge in [-0.1, -0.05) is 46.6 Å². The Morgan fingerprint density at radius 2 is 1.88 bits per heavy atom. The number of rotatable bonds is 10. The maximum atomic E-state index is 10.7. The van der Waals surface area contributed by atoms with Crippen LogP contribution >= 0.6 is 27.5 Å². The lowest BCUT2D eigenvalue weighted by atomic mass is 10.1. The van der Waals surface area contributed by atoms with E-state index in [0.717, 1.165) is 28.6 Å². The van der Waals surface area contributed by atoms with Crippen molar-refractivity contribution in [2.75, 3.05) is 26.2 Å². The number of ether oxygens (including phenoxy) is 1. The second kappa shape index (κ2) is 10.9. The van der Waals surface area contributed by atoms with E-state index in [4.69, 9.17) is 16.3 Å². The number of benzene rings is 2. The summed E-state index contributed by atoms with van der Waals surface area (Å²) in [5, 5.41) is 20.6. The zero-order valence-electron chi connectivity index (χ0n) is 14.9. The zero-order chi connectivity index (χ0) is 18.9. The maximum absolute atomic E-state index is 10.7. The molecule has 1 atom stereocenters. The van der Waals surface area contributed by atoms with Crippen molar-refractivity contribution in [2.24, 2.45) is 0 Å². The van der Waals surface area contributed by atoms with Gasteiger partial charge in [-0.25, -0.2) is 0 Å². The highest BCUT2D eigenvalue weighted by atomic mass is 79.9. The Morgan fingerprint density at radius 3 is 2.54 bits per heavy atom. The van der Waals surface area contributed by atoms with Gasteiger partial charge in [-0.05, 0) is 48.9 Å². The first kappa shape index (κ1) is 21.2. The summed E-state index contributed by atoms with van der Waals surface area (Å²) < 4.78 is 6.83. The van der Waals surface area contributed by atoms with E-state index in [1.165, 1.54) is 0 Å². The first-order valence-electron chi connectivity index (χ1n) is 8.71. The van der Waals surface area contributed by atoms with Gasteiger partial charge in [0.25, 0.3) is 0 Å². The Labute approximate surface area is 168 Å². The highest BCUT2D eigenvalue weighted by Gasteiger charge is 2.18. The Bertz CT molecular complexity index is 675. The molecule has 0 amide bonds. The highest BCUT2D eigenvalue weighted by Crippen LogP contribution is 2.30. The Balaban J connectivity index is 2.11. The van der Waals surface area contributed by atoms with Crippen molar-refractivity contribution in [1.82, 2.24) is 4.90 Å². The van der Waals surface area contributed by atoms with Crippen LogP contribution in [0.15, 0.2) is 46.9 Å². The van der Waals surface area contributed by atoms with E-state index in [1.807, 2.05) is 42.5 Å². The summed E-state index contributed by atoms with van der Waals surface area (Å²) in [6.07, 6.45) is 0.260. The SMILES string of the molecule is CCCN(CCO)CC(O)c1cc(Br)ccc1OCc1ccc(Cl)cc1. The molecule has 2 N–H and O–H groups in total. The summed E-state index contributed by atoms with van der Waals surface area (Å²) in [6.45, 7) is 4.37. The maximum Gasteiger partial charge on any atom is 0.125 e. The smallest absolute Gasteiger partial charge is 0.125 e. The van der Waals surface area contributed by atoms with Gasteiger partial charge in [-0.2, -0.15) is 0 Å². The van der Waals surface area contributed by atoms with E-state index in [9.17, 15) is 10.2 Å². The molecule has 0 radical (unpaired) electrons. The monoisotopic (exact) mass is 441 g/mol. The molecular weight excluding hydrogens is 418 g/mol. The fourth-order valence-corrected chi connectivity index (χ4v) is 3.25. The molecule has 0 aromatic heterocycles. The van der Waals surface area contributed by atoms with Crippen LogP contribution in [0.5, 0.6) is 5.75 Å². The molecule has 1 unspecified atom stereocenters. The lowest BCUT2D eigenvalue weighted by molar-refractivity contribution is 0.0970. The molecule has 142 valence electrons. The lowest BCUT2D eigenvalue weighted by Gasteiger charge is -2.25. The molecule has 0 aliphatic heterocycles. The van der Waals surface area contributed by atoms with Crippen LogP contribution in [-0.4, -0.2) is 41.4 Å². The fraction of sp³-hybridized carbons (Fsp3) is 0.400. The topological polar surface area (TPSA) is 52.9 Å². The Kier molecular flexibility index (Phi) is 8.88. The third kappa shape index (κ3) is 6.56. The minimum atomic E-state index is -0.703. The molecule has 0 heterocycles. The van der Waals surface area contributed by atoms with Gasteiger partial charge >= 0.3 is 0 Å². The molecule has 0 bridgehead atoms. The second-order valence-electron chi connectivity index (χ2n) is 6.14. The van der Waals surface area contributed by atoms with Crippen LogP contribution in [0.25, 0.3) is 0 Å². The van der Waals surface area contributed by atoms with Crippen molar-refractivity contribution < 1.29 is 14.9 Å². The van der Waals surface area contributed by atoms with Crippen LogP contribution in [0.4, 0.5) is 0 Å². The summed E-state index contributed by atoms with van der Waals surface area (Å²) in [5.74, 6) is 0.649. The average Bonchev–Trinajstić information content (AvgIpc) is 2.62. The molecule has 4 nitrogen and oxygen atoms in total. The van der Waals surface area contributed by atoms with Gasteiger partial charge in [-0.15, -0.1) is 0 Å². The molecule has 26 heavy (non-hydrogen) atoms. The van der Waals surface area contributed by atoms with Gasteiger partial charge in [0.2, 0.25) is 0 Å². The Morgan fingerprint density at radius 1 is 1.15 bits per heavy atom. The molecule has 2 aromatic carbocycles.